The summed E-state index contributed by atoms with van der Waals surface area (Å²) in [5.41, 5.74) is 4.88. The molecule has 0 aromatic carbocycles. The summed E-state index contributed by atoms with van der Waals surface area (Å²) in [7, 11) is 1.59. The number of nitrogens with one attached hydrogen (secondary N) is 1. The predicted octanol–water partition coefficient (Wildman–Crippen LogP) is 0.834. The molecule has 6 nitrogen and oxygen atoms in total. The van der Waals surface area contributed by atoms with Crippen LogP contribution in [-0.4, -0.2) is 36.2 Å². The van der Waals surface area contributed by atoms with Gasteiger partial charge in [0.15, 0.2) is 0 Å². The number of carbonyl (C=O) groups is 1. The molecule has 0 spiro atoms. The lowest BCUT2D eigenvalue weighted by Crippen LogP contribution is -2.34. The van der Waals surface area contributed by atoms with Crippen LogP contribution in [0.25, 0.3) is 0 Å². The van der Waals surface area contributed by atoms with Gasteiger partial charge in [-0.05, 0) is 26.7 Å². The fourth-order valence-corrected chi connectivity index (χ4v) is 1.23. The number of nitrogens with two attached hydrogens (primary N) is 1. The second-order valence-corrected chi connectivity index (χ2v) is 4.54. The van der Waals surface area contributed by atoms with E-state index < -0.39 is 5.60 Å². The highest BCUT2D eigenvalue weighted by Gasteiger charge is 2.20. The monoisotopic (exact) mass is 245 g/mol. The van der Waals surface area contributed by atoms with Gasteiger partial charge in [0.25, 0.3) is 0 Å². The van der Waals surface area contributed by atoms with E-state index in [9.17, 15) is 4.79 Å². The number of oxime groups is 1. The summed E-state index contributed by atoms with van der Waals surface area (Å²) in [5, 5.41) is 14.0. The highest BCUT2D eigenvalue weighted by Crippen LogP contribution is 2.12. The summed E-state index contributed by atoms with van der Waals surface area (Å²) >= 11 is 0. The van der Waals surface area contributed by atoms with Crippen LogP contribution in [0.2, 0.25) is 0 Å². The molecule has 0 saturated carbocycles. The minimum absolute atomic E-state index is 0.0272. The lowest BCUT2D eigenvalue weighted by Gasteiger charge is -2.21. The lowest BCUT2D eigenvalue weighted by atomic mass is 10.0. The van der Waals surface area contributed by atoms with Gasteiger partial charge in [-0.25, -0.2) is 0 Å². The Morgan fingerprint density at radius 2 is 2.12 bits per heavy atom. The summed E-state index contributed by atoms with van der Waals surface area (Å²) in [6, 6.07) is 0. The molecule has 100 valence electrons. The van der Waals surface area contributed by atoms with E-state index in [1.807, 2.05) is 13.8 Å². The van der Waals surface area contributed by atoms with Crippen LogP contribution >= 0.6 is 0 Å². The molecule has 0 aromatic rings. The van der Waals surface area contributed by atoms with E-state index in [-0.39, 0.29) is 11.7 Å². The van der Waals surface area contributed by atoms with Crippen LogP contribution in [0.1, 0.15) is 39.5 Å². The van der Waals surface area contributed by atoms with Gasteiger partial charge in [-0.2, -0.15) is 0 Å². The van der Waals surface area contributed by atoms with Gasteiger partial charge < -0.3 is 21.0 Å². The first-order valence-corrected chi connectivity index (χ1v) is 5.69. The molecular formula is C11H23N3O3. The normalized spacial score (nSPS) is 12.5. The van der Waals surface area contributed by atoms with Gasteiger partial charge in [-0.3, -0.25) is 4.79 Å². The maximum atomic E-state index is 11.5. The number of unbranched alkanes of at least 4 members (excludes halogenated alkanes) is 1. The molecule has 0 saturated heterocycles. The van der Waals surface area contributed by atoms with Crippen LogP contribution in [0.3, 0.4) is 0 Å². The van der Waals surface area contributed by atoms with Crippen molar-refractivity contribution in [2.24, 2.45) is 10.9 Å². The smallest absolute Gasteiger partial charge is 0.222 e. The first kappa shape index (κ1) is 15.7. The Labute approximate surface area is 102 Å². The molecule has 0 aromatic heterocycles. The van der Waals surface area contributed by atoms with E-state index in [1.165, 1.54) is 0 Å². The number of hydrogen-bond acceptors (Lipinski definition) is 4. The third-order valence-corrected chi connectivity index (χ3v) is 2.45. The first-order chi connectivity index (χ1) is 7.91. The molecule has 1 amide bonds. The molecule has 0 radical (unpaired) electrons. The van der Waals surface area contributed by atoms with Crippen molar-refractivity contribution in [3.05, 3.63) is 0 Å². The van der Waals surface area contributed by atoms with Crippen molar-refractivity contribution >= 4 is 11.7 Å². The SMILES string of the molecule is COC(C)(C)CC(=O)NCCCCC(N)=NO. The fourth-order valence-electron chi connectivity index (χ4n) is 1.23. The highest BCUT2D eigenvalue weighted by molar-refractivity contribution is 5.79. The molecule has 0 heterocycles. The van der Waals surface area contributed by atoms with Crippen molar-refractivity contribution in [2.75, 3.05) is 13.7 Å². The summed E-state index contributed by atoms with van der Waals surface area (Å²) in [6.45, 7) is 4.33. The molecule has 0 aliphatic carbocycles. The Hall–Kier alpha value is -1.30. The zero-order valence-electron chi connectivity index (χ0n) is 10.8. The van der Waals surface area contributed by atoms with E-state index in [4.69, 9.17) is 15.7 Å². The van der Waals surface area contributed by atoms with Crippen LogP contribution in [0.5, 0.6) is 0 Å². The average molecular weight is 245 g/mol. The van der Waals surface area contributed by atoms with Gasteiger partial charge in [0, 0.05) is 20.1 Å². The maximum Gasteiger partial charge on any atom is 0.222 e. The van der Waals surface area contributed by atoms with E-state index in [0.29, 0.717) is 19.4 Å². The third-order valence-electron chi connectivity index (χ3n) is 2.45. The molecule has 0 aliphatic heterocycles. The summed E-state index contributed by atoms with van der Waals surface area (Å²) in [5.74, 6) is 0.192. The third kappa shape index (κ3) is 8.50. The number of methoxy groups -OCH3 is 1. The Morgan fingerprint density at radius 3 is 2.65 bits per heavy atom. The van der Waals surface area contributed by atoms with E-state index in [1.54, 1.807) is 7.11 Å². The van der Waals surface area contributed by atoms with Crippen molar-refractivity contribution in [3.8, 4) is 0 Å². The largest absolute Gasteiger partial charge is 0.409 e. The molecule has 17 heavy (non-hydrogen) atoms. The first-order valence-electron chi connectivity index (χ1n) is 5.69. The second kappa shape index (κ2) is 7.89. The van der Waals surface area contributed by atoms with Gasteiger partial charge in [-0.1, -0.05) is 5.16 Å². The fraction of sp³-hybridized carbons (Fsp3) is 0.818. The molecule has 6 heteroatoms. The predicted molar refractivity (Wildman–Crippen MR) is 66.0 cm³/mol. The number of amides is 1. The van der Waals surface area contributed by atoms with Crippen LogP contribution in [0.4, 0.5) is 0 Å². The second-order valence-electron chi connectivity index (χ2n) is 4.54. The molecule has 0 bridgehead atoms. The molecular weight excluding hydrogens is 222 g/mol. The van der Waals surface area contributed by atoms with E-state index >= 15 is 0 Å². The number of hydrogen-bond donors (Lipinski definition) is 3. The van der Waals surface area contributed by atoms with Gasteiger partial charge in [0.05, 0.1) is 12.0 Å². The lowest BCUT2D eigenvalue weighted by molar-refractivity contribution is -0.126. The Balaban J connectivity index is 3.59. The van der Waals surface area contributed by atoms with Gasteiger partial charge in [0.2, 0.25) is 5.91 Å². The summed E-state index contributed by atoms with van der Waals surface area (Å²) in [6.07, 6.45) is 2.46. The average Bonchev–Trinajstić information content (AvgIpc) is 2.27. The summed E-state index contributed by atoms with van der Waals surface area (Å²) < 4.78 is 5.16. The quantitative estimate of drug-likeness (QED) is 0.194. The van der Waals surface area contributed by atoms with Gasteiger partial charge in [0.1, 0.15) is 5.84 Å². The van der Waals surface area contributed by atoms with Crippen molar-refractivity contribution in [2.45, 2.75) is 45.1 Å². The molecule has 0 atom stereocenters. The summed E-state index contributed by atoms with van der Waals surface area (Å²) in [4.78, 5) is 11.5. The Morgan fingerprint density at radius 1 is 1.47 bits per heavy atom. The van der Waals surface area contributed by atoms with Gasteiger partial charge in [-0.15, -0.1) is 0 Å². The van der Waals surface area contributed by atoms with Gasteiger partial charge >= 0.3 is 0 Å². The standard InChI is InChI=1S/C11H23N3O3/c1-11(2,17-3)8-10(15)13-7-5-4-6-9(12)14-16/h16H,4-8H2,1-3H3,(H2,12,14)(H,13,15). The number of nitrogens with zero attached hydrogens (tertiary/aromatic N) is 1. The minimum atomic E-state index is -0.432. The molecule has 0 aliphatic rings. The van der Waals surface area contributed by atoms with Crippen molar-refractivity contribution < 1.29 is 14.7 Å². The topological polar surface area (TPSA) is 96.9 Å². The maximum absolute atomic E-state index is 11.5. The van der Waals surface area contributed by atoms with Crippen LogP contribution in [0.15, 0.2) is 5.16 Å². The van der Waals surface area contributed by atoms with E-state index in [2.05, 4.69) is 10.5 Å². The number of carbonyl (C=O) groups excluding carboxylic acids is 1. The Bertz CT molecular complexity index is 265. The zero-order valence-corrected chi connectivity index (χ0v) is 10.8. The molecule has 0 rings (SSSR count). The zero-order chi connectivity index (χ0) is 13.3. The minimum Gasteiger partial charge on any atom is -0.409 e. The molecule has 4 N–H and O–H groups in total. The van der Waals surface area contributed by atoms with Crippen LogP contribution in [0, 0.1) is 0 Å². The molecule has 0 fully saturated rings. The Kier molecular flexibility index (Phi) is 7.29. The number of amidine groups is 1. The van der Waals surface area contributed by atoms with Crippen LogP contribution < -0.4 is 11.1 Å². The van der Waals surface area contributed by atoms with Crippen molar-refractivity contribution in [1.29, 1.82) is 0 Å². The highest BCUT2D eigenvalue weighted by atomic mass is 16.5. The number of rotatable bonds is 8. The number of ether oxygens (including phenoxy) is 1. The van der Waals surface area contributed by atoms with Crippen molar-refractivity contribution in [3.63, 3.8) is 0 Å². The van der Waals surface area contributed by atoms with Crippen molar-refractivity contribution in [1.82, 2.24) is 5.32 Å². The molecule has 0 unspecified atom stereocenters. The van der Waals surface area contributed by atoms with Crippen LogP contribution in [-0.2, 0) is 9.53 Å². The van der Waals surface area contributed by atoms with E-state index in [0.717, 1.165) is 12.8 Å².